The first-order valence-corrected chi connectivity index (χ1v) is 7.66. The molecule has 1 aromatic carbocycles. The monoisotopic (exact) mass is 282 g/mol. The Hall–Kier alpha value is -0.570. The van der Waals surface area contributed by atoms with E-state index in [0.29, 0.717) is 0 Å². The number of benzene rings is 1. The molecule has 0 amide bonds. The molecule has 19 heavy (non-hydrogen) atoms. The highest BCUT2D eigenvalue weighted by Crippen LogP contribution is 2.16. The van der Waals surface area contributed by atoms with Crippen LogP contribution in [0.15, 0.2) is 24.3 Å². The minimum absolute atomic E-state index is 0.796. The van der Waals surface area contributed by atoms with Crippen LogP contribution in [0, 0.1) is 5.92 Å². The zero-order chi connectivity index (χ0) is 14.1. The van der Waals surface area contributed by atoms with Gasteiger partial charge in [0.15, 0.2) is 0 Å². The molecule has 0 aromatic heterocycles. The molecule has 0 fully saturated rings. The number of nitrogens with zero attached hydrogens (tertiary/aromatic N) is 1. The first kappa shape index (κ1) is 16.5. The number of hydrogen-bond donors (Lipinski definition) is 1. The van der Waals surface area contributed by atoms with E-state index in [1.807, 2.05) is 18.2 Å². The van der Waals surface area contributed by atoms with Crippen molar-refractivity contribution in [2.75, 3.05) is 20.1 Å². The summed E-state index contributed by atoms with van der Waals surface area (Å²) in [6.07, 6.45) is 4.94. The average molecular weight is 283 g/mol. The lowest BCUT2D eigenvalue weighted by Gasteiger charge is -2.19. The molecule has 0 aliphatic carbocycles. The molecule has 0 saturated heterocycles. The summed E-state index contributed by atoms with van der Waals surface area (Å²) in [5.41, 5.74) is 6.91. The molecule has 0 spiro atoms. The van der Waals surface area contributed by atoms with Gasteiger partial charge in [-0.05, 0) is 63.0 Å². The maximum atomic E-state index is 6.00. The van der Waals surface area contributed by atoms with E-state index in [-0.39, 0.29) is 0 Å². The molecule has 0 bridgehead atoms. The summed E-state index contributed by atoms with van der Waals surface area (Å²) in [4.78, 5) is 2.36. The van der Waals surface area contributed by atoms with E-state index in [2.05, 4.69) is 24.9 Å². The quantitative estimate of drug-likeness (QED) is 0.744. The number of hydrogen-bond acceptors (Lipinski definition) is 2. The van der Waals surface area contributed by atoms with E-state index in [4.69, 9.17) is 17.3 Å². The van der Waals surface area contributed by atoms with E-state index in [0.717, 1.165) is 37.0 Å². The summed E-state index contributed by atoms with van der Waals surface area (Å²) in [6, 6.07) is 8.11. The van der Waals surface area contributed by atoms with Crippen molar-refractivity contribution in [3.63, 3.8) is 0 Å². The summed E-state index contributed by atoms with van der Waals surface area (Å²) in [5.74, 6) is 0.796. The van der Waals surface area contributed by atoms with Gasteiger partial charge in [0.2, 0.25) is 0 Å². The highest BCUT2D eigenvalue weighted by molar-refractivity contribution is 6.30. The van der Waals surface area contributed by atoms with Crippen LogP contribution in [0.2, 0.25) is 5.02 Å². The van der Waals surface area contributed by atoms with Crippen molar-refractivity contribution < 1.29 is 0 Å². The molecule has 0 aliphatic rings. The van der Waals surface area contributed by atoms with Crippen LogP contribution < -0.4 is 5.73 Å². The highest BCUT2D eigenvalue weighted by Gasteiger charge is 2.06. The maximum absolute atomic E-state index is 6.00. The lowest BCUT2D eigenvalue weighted by atomic mass is 9.96. The van der Waals surface area contributed by atoms with Crippen molar-refractivity contribution in [1.29, 1.82) is 0 Å². The third-order valence-electron chi connectivity index (χ3n) is 3.65. The molecule has 0 saturated carbocycles. The van der Waals surface area contributed by atoms with Gasteiger partial charge in [0.05, 0.1) is 0 Å². The van der Waals surface area contributed by atoms with E-state index in [1.165, 1.54) is 24.8 Å². The lowest BCUT2D eigenvalue weighted by molar-refractivity contribution is 0.300. The van der Waals surface area contributed by atoms with Gasteiger partial charge in [0.1, 0.15) is 0 Å². The second-order valence-electron chi connectivity index (χ2n) is 5.36. The van der Waals surface area contributed by atoms with Gasteiger partial charge in [-0.3, -0.25) is 0 Å². The summed E-state index contributed by atoms with van der Waals surface area (Å²) >= 11 is 6.00. The molecule has 3 heteroatoms. The standard InChI is InChI=1S/C16H27ClN2/c1-3-14(9-10-18)7-5-11-19(2)13-15-6-4-8-16(17)12-15/h4,6,8,12,14H,3,5,7,9-11,13,18H2,1-2H3. The second-order valence-corrected chi connectivity index (χ2v) is 5.80. The molecule has 0 radical (unpaired) electrons. The molecule has 0 heterocycles. The average Bonchev–Trinajstić information content (AvgIpc) is 2.37. The van der Waals surface area contributed by atoms with Gasteiger partial charge < -0.3 is 10.6 Å². The predicted molar refractivity (Wildman–Crippen MR) is 84.5 cm³/mol. The fraction of sp³-hybridized carbons (Fsp3) is 0.625. The van der Waals surface area contributed by atoms with Crippen molar-refractivity contribution in [2.24, 2.45) is 11.7 Å². The van der Waals surface area contributed by atoms with Crippen LogP contribution in [0.25, 0.3) is 0 Å². The molecule has 1 atom stereocenters. The largest absolute Gasteiger partial charge is 0.330 e. The summed E-state index contributed by atoms with van der Waals surface area (Å²) < 4.78 is 0. The van der Waals surface area contributed by atoms with Crippen LogP contribution in [0.4, 0.5) is 0 Å². The van der Waals surface area contributed by atoms with Gasteiger partial charge in [0.25, 0.3) is 0 Å². The fourth-order valence-corrected chi connectivity index (χ4v) is 2.68. The molecule has 1 rings (SSSR count). The molecular formula is C16H27ClN2. The Bertz CT molecular complexity index is 354. The van der Waals surface area contributed by atoms with E-state index >= 15 is 0 Å². The Balaban J connectivity index is 2.26. The molecule has 2 nitrogen and oxygen atoms in total. The fourth-order valence-electron chi connectivity index (χ4n) is 2.46. The predicted octanol–water partition coefficient (Wildman–Crippen LogP) is 3.93. The van der Waals surface area contributed by atoms with Gasteiger partial charge in [-0.15, -0.1) is 0 Å². The smallest absolute Gasteiger partial charge is 0.0409 e. The molecule has 1 unspecified atom stereocenters. The van der Waals surface area contributed by atoms with Crippen LogP contribution in [0.3, 0.4) is 0 Å². The van der Waals surface area contributed by atoms with Gasteiger partial charge in [-0.25, -0.2) is 0 Å². The van der Waals surface area contributed by atoms with Crippen LogP contribution in [-0.2, 0) is 6.54 Å². The number of halogens is 1. The van der Waals surface area contributed by atoms with Crippen LogP contribution in [-0.4, -0.2) is 25.0 Å². The zero-order valence-corrected chi connectivity index (χ0v) is 13.0. The third kappa shape index (κ3) is 6.95. The number of rotatable bonds is 9. The van der Waals surface area contributed by atoms with Crippen LogP contribution in [0.5, 0.6) is 0 Å². The Kier molecular flexibility index (Phi) is 8.11. The van der Waals surface area contributed by atoms with Gasteiger partial charge in [-0.2, -0.15) is 0 Å². The van der Waals surface area contributed by atoms with Crippen LogP contribution in [0.1, 0.15) is 38.2 Å². The van der Waals surface area contributed by atoms with Gasteiger partial charge >= 0.3 is 0 Å². The molecule has 2 N–H and O–H groups in total. The first-order valence-electron chi connectivity index (χ1n) is 7.28. The van der Waals surface area contributed by atoms with Crippen molar-refractivity contribution >= 4 is 11.6 Å². The Morgan fingerprint density at radius 3 is 2.74 bits per heavy atom. The van der Waals surface area contributed by atoms with Crippen molar-refractivity contribution in [1.82, 2.24) is 4.90 Å². The van der Waals surface area contributed by atoms with Gasteiger partial charge in [0, 0.05) is 11.6 Å². The minimum Gasteiger partial charge on any atom is -0.330 e. The SMILES string of the molecule is CCC(CCN)CCCN(C)Cc1cccc(Cl)c1. The highest BCUT2D eigenvalue weighted by atomic mass is 35.5. The molecule has 108 valence electrons. The lowest BCUT2D eigenvalue weighted by Crippen LogP contribution is -2.20. The Morgan fingerprint density at radius 2 is 2.11 bits per heavy atom. The van der Waals surface area contributed by atoms with E-state index in [1.54, 1.807) is 0 Å². The second kappa shape index (κ2) is 9.35. The summed E-state index contributed by atoms with van der Waals surface area (Å²) in [5, 5.41) is 0.819. The maximum Gasteiger partial charge on any atom is 0.0409 e. The van der Waals surface area contributed by atoms with Crippen LogP contribution >= 0.6 is 11.6 Å². The van der Waals surface area contributed by atoms with Crippen molar-refractivity contribution in [3.8, 4) is 0 Å². The normalized spacial score (nSPS) is 12.9. The topological polar surface area (TPSA) is 29.3 Å². The summed E-state index contributed by atoms with van der Waals surface area (Å²) in [6.45, 7) is 5.18. The summed E-state index contributed by atoms with van der Waals surface area (Å²) in [7, 11) is 2.17. The van der Waals surface area contributed by atoms with Gasteiger partial charge in [-0.1, -0.05) is 37.1 Å². The molecule has 1 aromatic rings. The molecular weight excluding hydrogens is 256 g/mol. The molecule has 0 aliphatic heterocycles. The Labute approximate surface area is 122 Å². The van der Waals surface area contributed by atoms with E-state index in [9.17, 15) is 0 Å². The first-order chi connectivity index (χ1) is 9.15. The number of nitrogens with two attached hydrogens (primary N) is 1. The van der Waals surface area contributed by atoms with E-state index < -0.39 is 0 Å². The van der Waals surface area contributed by atoms with Crippen molar-refractivity contribution in [3.05, 3.63) is 34.9 Å². The third-order valence-corrected chi connectivity index (χ3v) is 3.88. The zero-order valence-electron chi connectivity index (χ0n) is 12.2. The Morgan fingerprint density at radius 1 is 1.32 bits per heavy atom. The van der Waals surface area contributed by atoms with Crippen molar-refractivity contribution in [2.45, 2.75) is 39.2 Å². The minimum atomic E-state index is 0.796.